The largest absolute Gasteiger partial charge is 0.376 e. The number of nitrogens with two attached hydrogens (primary N) is 1. The molecular formula is C12H12N6S. The number of H-pyrrole nitrogens is 1. The van der Waals surface area contributed by atoms with E-state index in [1.54, 1.807) is 4.68 Å². The maximum atomic E-state index is 5.48. The molecule has 7 heteroatoms. The van der Waals surface area contributed by atoms with E-state index in [4.69, 9.17) is 18.0 Å². The zero-order chi connectivity index (χ0) is 13.4. The van der Waals surface area contributed by atoms with Crippen molar-refractivity contribution in [1.29, 1.82) is 0 Å². The van der Waals surface area contributed by atoms with Gasteiger partial charge in [-0.3, -0.25) is 9.78 Å². The highest BCUT2D eigenvalue weighted by molar-refractivity contribution is 7.80. The number of fused-ring (bicyclic) bond motifs is 1. The molecule has 0 fully saturated rings. The van der Waals surface area contributed by atoms with E-state index in [2.05, 4.69) is 20.6 Å². The second kappa shape index (κ2) is 4.36. The Labute approximate surface area is 114 Å². The highest BCUT2D eigenvalue weighted by Gasteiger charge is 2.08. The van der Waals surface area contributed by atoms with Crippen LogP contribution in [0.25, 0.3) is 22.0 Å². The van der Waals surface area contributed by atoms with Crippen molar-refractivity contribution in [3.05, 3.63) is 30.6 Å². The molecule has 3 rings (SSSR count). The van der Waals surface area contributed by atoms with E-state index < -0.39 is 0 Å². The number of aryl methyl sites for hydroxylation is 1. The third-order valence-electron chi connectivity index (χ3n) is 2.84. The maximum absolute atomic E-state index is 5.48. The predicted octanol–water partition coefficient (Wildman–Crippen LogP) is 1.62. The number of nitrogens with one attached hydrogen (secondary N) is 2. The zero-order valence-electron chi connectivity index (χ0n) is 10.2. The molecule has 0 radical (unpaired) electrons. The minimum atomic E-state index is 0.195. The fourth-order valence-corrected chi connectivity index (χ4v) is 2.07. The van der Waals surface area contributed by atoms with E-state index in [-0.39, 0.29) is 5.11 Å². The molecule has 96 valence electrons. The molecule has 0 aliphatic heterocycles. The lowest BCUT2D eigenvalue weighted by Crippen LogP contribution is -2.19. The van der Waals surface area contributed by atoms with Gasteiger partial charge in [-0.2, -0.15) is 10.2 Å². The summed E-state index contributed by atoms with van der Waals surface area (Å²) in [5, 5.41) is 15.2. The molecule has 2 heterocycles. The highest BCUT2D eigenvalue weighted by atomic mass is 32.1. The number of aromatic nitrogens is 4. The van der Waals surface area contributed by atoms with Gasteiger partial charge in [-0.1, -0.05) is 6.07 Å². The summed E-state index contributed by atoms with van der Waals surface area (Å²) in [6, 6.07) is 6.01. The summed E-state index contributed by atoms with van der Waals surface area (Å²) >= 11 is 4.84. The molecule has 0 unspecified atom stereocenters. The fraction of sp³-hybridized carbons (Fsp3) is 0.0833. The van der Waals surface area contributed by atoms with E-state index >= 15 is 0 Å². The average Bonchev–Trinajstić information content (AvgIpc) is 2.95. The van der Waals surface area contributed by atoms with E-state index in [1.807, 2.05) is 37.6 Å². The van der Waals surface area contributed by atoms with Crippen molar-refractivity contribution in [2.45, 2.75) is 0 Å². The van der Waals surface area contributed by atoms with E-state index in [0.29, 0.717) is 5.82 Å². The Morgan fingerprint density at radius 1 is 1.42 bits per heavy atom. The molecule has 6 nitrogen and oxygen atoms in total. The third-order valence-corrected chi connectivity index (χ3v) is 2.94. The van der Waals surface area contributed by atoms with Crippen molar-refractivity contribution in [1.82, 2.24) is 20.0 Å². The van der Waals surface area contributed by atoms with Crippen LogP contribution >= 0.6 is 12.2 Å². The SMILES string of the molecule is Cn1cc(-c2ccc3[nH]nc(NC(N)=S)c3c2)cn1. The lowest BCUT2D eigenvalue weighted by atomic mass is 10.1. The fourth-order valence-electron chi connectivity index (χ4n) is 1.98. The Hall–Kier alpha value is -2.41. The molecule has 0 saturated heterocycles. The first-order valence-corrected chi connectivity index (χ1v) is 6.08. The number of thiocarbonyl (C=S) groups is 1. The maximum Gasteiger partial charge on any atom is 0.169 e. The summed E-state index contributed by atoms with van der Waals surface area (Å²) in [7, 11) is 1.89. The Morgan fingerprint density at radius 3 is 2.95 bits per heavy atom. The Morgan fingerprint density at radius 2 is 2.26 bits per heavy atom. The van der Waals surface area contributed by atoms with Crippen molar-refractivity contribution in [3.63, 3.8) is 0 Å². The monoisotopic (exact) mass is 272 g/mol. The number of rotatable bonds is 2. The van der Waals surface area contributed by atoms with Gasteiger partial charge in [0.15, 0.2) is 10.9 Å². The summed E-state index contributed by atoms with van der Waals surface area (Å²) in [4.78, 5) is 0. The molecule has 3 aromatic rings. The van der Waals surface area contributed by atoms with Crippen LogP contribution < -0.4 is 11.1 Å². The molecule has 0 bridgehead atoms. The molecule has 2 aromatic heterocycles. The lowest BCUT2D eigenvalue weighted by Gasteiger charge is -2.01. The van der Waals surface area contributed by atoms with Crippen LogP contribution in [0.1, 0.15) is 0 Å². The minimum Gasteiger partial charge on any atom is -0.376 e. The van der Waals surface area contributed by atoms with Crippen molar-refractivity contribution < 1.29 is 0 Å². The van der Waals surface area contributed by atoms with Gasteiger partial charge >= 0.3 is 0 Å². The molecule has 0 aliphatic carbocycles. The van der Waals surface area contributed by atoms with Crippen LogP contribution in [0.15, 0.2) is 30.6 Å². The van der Waals surface area contributed by atoms with Crippen LogP contribution in [-0.2, 0) is 7.05 Å². The van der Waals surface area contributed by atoms with Crippen molar-refractivity contribution >= 4 is 34.1 Å². The van der Waals surface area contributed by atoms with E-state index in [9.17, 15) is 0 Å². The van der Waals surface area contributed by atoms with Crippen molar-refractivity contribution in [2.24, 2.45) is 12.8 Å². The van der Waals surface area contributed by atoms with Gasteiger partial charge in [-0.15, -0.1) is 0 Å². The van der Waals surface area contributed by atoms with Crippen LogP contribution in [0.3, 0.4) is 0 Å². The minimum absolute atomic E-state index is 0.195. The van der Waals surface area contributed by atoms with Gasteiger partial charge in [0, 0.05) is 24.2 Å². The molecule has 0 aliphatic rings. The van der Waals surface area contributed by atoms with Gasteiger partial charge in [-0.25, -0.2) is 0 Å². The topological polar surface area (TPSA) is 84.5 Å². The first-order chi connectivity index (χ1) is 9.13. The Balaban J connectivity index is 2.10. The Bertz CT molecular complexity index is 757. The van der Waals surface area contributed by atoms with Crippen LogP contribution in [0.2, 0.25) is 0 Å². The number of aromatic amines is 1. The third kappa shape index (κ3) is 2.15. The number of hydrogen-bond acceptors (Lipinski definition) is 3. The van der Waals surface area contributed by atoms with Gasteiger partial charge in [0.2, 0.25) is 0 Å². The molecule has 0 atom stereocenters. The molecule has 1 aromatic carbocycles. The lowest BCUT2D eigenvalue weighted by molar-refractivity contribution is 0.768. The first-order valence-electron chi connectivity index (χ1n) is 5.67. The normalized spacial score (nSPS) is 10.8. The van der Waals surface area contributed by atoms with Gasteiger partial charge in [0.05, 0.1) is 11.7 Å². The van der Waals surface area contributed by atoms with Gasteiger partial charge in [0.1, 0.15) is 0 Å². The van der Waals surface area contributed by atoms with Gasteiger partial charge < -0.3 is 11.1 Å². The van der Waals surface area contributed by atoms with E-state index in [0.717, 1.165) is 22.0 Å². The summed E-state index contributed by atoms with van der Waals surface area (Å²) in [5.41, 5.74) is 8.51. The quantitative estimate of drug-likeness (QED) is 0.617. The summed E-state index contributed by atoms with van der Waals surface area (Å²) in [6.07, 6.45) is 3.78. The summed E-state index contributed by atoms with van der Waals surface area (Å²) in [5.74, 6) is 0.633. The molecule has 0 saturated carbocycles. The summed E-state index contributed by atoms with van der Waals surface area (Å²) in [6.45, 7) is 0. The number of anilines is 1. The van der Waals surface area contributed by atoms with Gasteiger partial charge in [-0.05, 0) is 29.9 Å². The Kier molecular flexibility index (Phi) is 2.68. The zero-order valence-corrected chi connectivity index (χ0v) is 11.0. The van der Waals surface area contributed by atoms with Crippen LogP contribution in [0, 0.1) is 0 Å². The molecule has 0 spiro atoms. The van der Waals surface area contributed by atoms with Crippen molar-refractivity contribution in [3.8, 4) is 11.1 Å². The predicted molar refractivity (Wildman–Crippen MR) is 78.7 cm³/mol. The summed E-state index contributed by atoms with van der Waals surface area (Å²) < 4.78 is 1.77. The van der Waals surface area contributed by atoms with Gasteiger partial charge in [0.25, 0.3) is 0 Å². The first kappa shape index (κ1) is 11.7. The molecule has 4 N–H and O–H groups in total. The van der Waals surface area contributed by atoms with Crippen LogP contribution in [-0.4, -0.2) is 25.1 Å². The number of nitrogens with zero attached hydrogens (tertiary/aromatic N) is 3. The number of hydrogen-bond donors (Lipinski definition) is 3. The van der Waals surface area contributed by atoms with Crippen molar-refractivity contribution in [2.75, 3.05) is 5.32 Å². The molecule has 19 heavy (non-hydrogen) atoms. The number of benzene rings is 1. The second-order valence-electron chi connectivity index (χ2n) is 4.22. The standard InChI is InChI=1S/C12H12N6S/c1-18-6-8(5-14-18)7-2-3-10-9(4-7)11(17-16-10)15-12(13)19/h2-6H,1H3,(H4,13,15,16,17,19). The molecular weight excluding hydrogens is 260 g/mol. The van der Waals surface area contributed by atoms with Crippen LogP contribution in [0.4, 0.5) is 5.82 Å². The smallest absolute Gasteiger partial charge is 0.169 e. The molecule has 0 amide bonds. The highest BCUT2D eigenvalue weighted by Crippen LogP contribution is 2.27. The van der Waals surface area contributed by atoms with E-state index in [1.165, 1.54) is 0 Å². The average molecular weight is 272 g/mol. The van der Waals surface area contributed by atoms with Crippen LogP contribution in [0.5, 0.6) is 0 Å². The second-order valence-corrected chi connectivity index (χ2v) is 4.66.